The summed E-state index contributed by atoms with van der Waals surface area (Å²) in [5.41, 5.74) is 2.54. The Kier molecular flexibility index (Phi) is 2.67. The molecule has 0 amide bonds. The summed E-state index contributed by atoms with van der Waals surface area (Å²) in [6.45, 7) is 4.22. The molecular formula is C12H10Br2. The summed E-state index contributed by atoms with van der Waals surface area (Å²) >= 11 is 7.21. The number of benzene rings is 2. The first-order valence-corrected chi connectivity index (χ1v) is 6.03. The molecule has 0 aliphatic heterocycles. The molecule has 2 aromatic carbocycles. The second-order valence-electron chi connectivity index (χ2n) is 3.54. The summed E-state index contributed by atoms with van der Waals surface area (Å²) in [4.78, 5) is 0. The quantitative estimate of drug-likeness (QED) is 0.643. The molecule has 0 bridgehead atoms. The van der Waals surface area contributed by atoms with Gasteiger partial charge >= 0.3 is 0 Å². The highest BCUT2D eigenvalue weighted by Gasteiger charge is 2.05. The van der Waals surface area contributed by atoms with E-state index in [-0.39, 0.29) is 0 Å². The molecule has 2 rings (SSSR count). The van der Waals surface area contributed by atoms with E-state index in [1.807, 2.05) is 0 Å². The lowest BCUT2D eigenvalue weighted by atomic mass is 10.1. The van der Waals surface area contributed by atoms with Crippen LogP contribution in [0.5, 0.6) is 0 Å². The van der Waals surface area contributed by atoms with Crippen LogP contribution in [0.3, 0.4) is 0 Å². The van der Waals surface area contributed by atoms with E-state index in [2.05, 4.69) is 70.0 Å². The predicted molar refractivity (Wildman–Crippen MR) is 68.8 cm³/mol. The van der Waals surface area contributed by atoms with Gasteiger partial charge in [-0.05, 0) is 52.2 Å². The molecule has 0 spiro atoms. The summed E-state index contributed by atoms with van der Waals surface area (Å²) in [7, 11) is 0. The van der Waals surface area contributed by atoms with Gasteiger partial charge in [0, 0.05) is 8.95 Å². The zero-order chi connectivity index (χ0) is 10.3. The summed E-state index contributed by atoms with van der Waals surface area (Å²) in [5.74, 6) is 0. The van der Waals surface area contributed by atoms with E-state index in [9.17, 15) is 0 Å². The topological polar surface area (TPSA) is 0 Å². The van der Waals surface area contributed by atoms with Gasteiger partial charge in [-0.1, -0.05) is 39.7 Å². The minimum atomic E-state index is 1.16. The van der Waals surface area contributed by atoms with Gasteiger partial charge in [0.15, 0.2) is 0 Å². The maximum Gasteiger partial charge on any atom is 0.0283 e. The van der Waals surface area contributed by atoms with Crippen LogP contribution in [0.15, 0.2) is 33.2 Å². The van der Waals surface area contributed by atoms with Crippen molar-refractivity contribution >= 4 is 42.6 Å². The van der Waals surface area contributed by atoms with Crippen molar-refractivity contribution in [3.8, 4) is 0 Å². The van der Waals surface area contributed by atoms with Crippen LogP contribution in [0.1, 0.15) is 11.1 Å². The van der Waals surface area contributed by atoms with Crippen LogP contribution in [-0.2, 0) is 0 Å². The largest absolute Gasteiger partial charge is 0.0586 e. The lowest BCUT2D eigenvalue weighted by Gasteiger charge is -2.07. The first-order valence-electron chi connectivity index (χ1n) is 4.44. The molecule has 0 aliphatic carbocycles. The fourth-order valence-electron chi connectivity index (χ4n) is 1.59. The van der Waals surface area contributed by atoms with E-state index < -0.39 is 0 Å². The Morgan fingerprint density at radius 2 is 1.64 bits per heavy atom. The van der Waals surface area contributed by atoms with Crippen LogP contribution in [0.4, 0.5) is 0 Å². The Hall–Kier alpha value is -0.340. The van der Waals surface area contributed by atoms with Crippen LogP contribution < -0.4 is 0 Å². The van der Waals surface area contributed by atoms with Gasteiger partial charge in [0.05, 0.1) is 0 Å². The number of fused-ring (bicyclic) bond motifs is 1. The van der Waals surface area contributed by atoms with Crippen molar-refractivity contribution in [1.82, 2.24) is 0 Å². The summed E-state index contributed by atoms with van der Waals surface area (Å²) in [5, 5.41) is 2.53. The van der Waals surface area contributed by atoms with Crippen molar-refractivity contribution in [1.29, 1.82) is 0 Å². The maximum absolute atomic E-state index is 3.62. The highest BCUT2D eigenvalue weighted by molar-refractivity contribution is 9.11. The van der Waals surface area contributed by atoms with E-state index in [1.54, 1.807) is 0 Å². The molecule has 2 heteroatoms. The Balaban J connectivity index is 2.94. The second-order valence-corrected chi connectivity index (χ2v) is 5.19. The van der Waals surface area contributed by atoms with Gasteiger partial charge in [-0.25, -0.2) is 0 Å². The van der Waals surface area contributed by atoms with Crippen LogP contribution in [-0.4, -0.2) is 0 Å². The van der Waals surface area contributed by atoms with Crippen LogP contribution >= 0.6 is 31.9 Å². The lowest BCUT2D eigenvalue weighted by Crippen LogP contribution is -1.83. The van der Waals surface area contributed by atoms with Crippen molar-refractivity contribution in [3.05, 3.63) is 44.3 Å². The number of hydrogen-bond acceptors (Lipinski definition) is 0. The molecule has 0 aliphatic rings. The van der Waals surface area contributed by atoms with Gasteiger partial charge in [0.25, 0.3) is 0 Å². The van der Waals surface area contributed by atoms with Crippen LogP contribution in [0, 0.1) is 13.8 Å². The van der Waals surface area contributed by atoms with Crippen molar-refractivity contribution < 1.29 is 0 Å². The molecule has 72 valence electrons. The van der Waals surface area contributed by atoms with Crippen LogP contribution in [0.2, 0.25) is 0 Å². The van der Waals surface area contributed by atoms with E-state index in [0.29, 0.717) is 0 Å². The average Bonchev–Trinajstić information content (AvgIpc) is 2.14. The van der Waals surface area contributed by atoms with E-state index in [4.69, 9.17) is 0 Å². The van der Waals surface area contributed by atoms with Gasteiger partial charge in [0.1, 0.15) is 0 Å². The third-order valence-electron chi connectivity index (χ3n) is 2.36. The van der Waals surface area contributed by atoms with Gasteiger partial charge in [-0.15, -0.1) is 0 Å². The molecule has 0 heterocycles. The number of hydrogen-bond donors (Lipinski definition) is 0. The average molecular weight is 314 g/mol. The SMILES string of the molecule is Cc1ccc2c(Br)c(C)cc(Br)c2c1. The Bertz CT molecular complexity index is 501. The molecule has 0 nitrogen and oxygen atoms in total. The smallest absolute Gasteiger partial charge is 0.0283 e. The molecule has 0 radical (unpaired) electrons. The lowest BCUT2D eigenvalue weighted by molar-refractivity contribution is 1.43. The minimum absolute atomic E-state index is 1.16. The van der Waals surface area contributed by atoms with Gasteiger partial charge < -0.3 is 0 Å². The molecule has 0 atom stereocenters. The van der Waals surface area contributed by atoms with Gasteiger partial charge in [-0.3, -0.25) is 0 Å². The van der Waals surface area contributed by atoms with Crippen molar-refractivity contribution in [2.24, 2.45) is 0 Å². The summed E-state index contributed by atoms with van der Waals surface area (Å²) in [6.07, 6.45) is 0. The van der Waals surface area contributed by atoms with E-state index in [0.717, 1.165) is 4.47 Å². The fraction of sp³-hybridized carbons (Fsp3) is 0.167. The Morgan fingerprint density at radius 1 is 0.929 bits per heavy atom. The fourth-order valence-corrected chi connectivity index (χ4v) is 2.72. The monoisotopic (exact) mass is 312 g/mol. The highest BCUT2D eigenvalue weighted by atomic mass is 79.9. The molecule has 0 N–H and O–H groups in total. The molecule has 0 fully saturated rings. The highest BCUT2D eigenvalue weighted by Crippen LogP contribution is 2.33. The third-order valence-corrected chi connectivity index (χ3v) is 4.07. The van der Waals surface area contributed by atoms with Crippen molar-refractivity contribution in [2.45, 2.75) is 13.8 Å². The molecule has 0 saturated carbocycles. The van der Waals surface area contributed by atoms with Gasteiger partial charge in [-0.2, -0.15) is 0 Å². The van der Waals surface area contributed by atoms with Crippen molar-refractivity contribution in [2.75, 3.05) is 0 Å². The van der Waals surface area contributed by atoms with Gasteiger partial charge in [0.2, 0.25) is 0 Å². The number of rotatable bonds is 0. The van der Waals surface area contributed by atoms with Crippen LogP contribution in [0.25, 0.3) is 10.8 Å². The molecule has 0 saturated heterocycles. The molecular weight excluding hydrogens is 304 g/mol. The zero-order valence-corrected chi connectivity index (χ0v) is 11.2. The second kappa shape index (κ2) is 3.67. The third kappa shape index (κ3) is 1.61. The molecule has 0 aromatic heterocycles. The maximum atomic E-state index is 3.62. The summed E-state index contributed by atoms with van der Waals surface area (Å²) < 4.78 is 2.35. The molecule has 2 aromatic rings. The van der Waals surface area contributed by atoms with Crippen molar-refractivity contribution in [3.63, 3.8) is 0 Å². The first kappa shape index (κ1) is 10.2. The molecule has 14 heavy (non-hydrogen) atoms. The Labute approximate surface area is 101 Å². The van der Waals surface area contributed by atoms with E-state index in [1.165, 1.54) is 26.4 Å². The zero-order valence-electron chi connectivity index (χ0n) is 8.07. The first-order chi connectivity index (χ1) is 6.59. The predicted octanol–water partition coefficient (Wildman–Crippen LogP) is 4.98. The standard InChI is InChI=1S/C12H10Br2/c1-7-3-4-9-10(5-7)11(13)6-8(2)12(9)14/h3-6H,1-2H3. The summed E-state index contributed by atoms with van der Waals surface area (Å²) in [6, 6.07) is 8.64. The molecule has 0 unspecified atom stereocenters. The number of halogens is 2. The Morgan fingerprint density at radius 3 is 2.36 bits per heavy atom. The minimum Gasteiger partial charge on any atom is -0.0586 e. The van der Waals surface area contributed by atoms with E-state index >= 15 is 0 Å². The number of aryl methyl sites for hydroxylation is 2. The normalized spacial score (nSPS) is 10.9.